The number of rotatable bonds is 10. The molecule has 8 nitrogen and oxygen atoms in total. The van der Waals surface area contributed by atoms with Crippen LogP contribution in [0.1, 0.15) is 68.0 Å². The number of fused-ring (bicyclic) bond motifs is 2. The van der Waals surface area contributed by atoms with Crippen LogP contribution in [0.5, 0.6) is 5.75 Å². The second kappa shape index (κ2) is 16.0. The Morgan fingerprint density at radius 1 is 1.24 bits per heavy atom. The molecule has 1 fully saturated rings. The summed E-state index contributed by atoms with van der Waals surface area (Å²) in [6, 6.07) is 20.0. The maximum atomic E-state index is 11.9. The summed E-state index contributed by atoms with van der Waals surface area (Å²) in [5.41, 5.74) is 5.13. The van der Waals surface area contributed by atoms with E-state index >= 15 is 0 Å². The van der Waals surface area contributed by atoms with Gasteiger partial charge in [0.15, 0.2) is 0 Å². The number of nitrogens with zero attached hydrogens (tertiary/aromatic N) is 4. The van der Waals surface area contributed by atoms with Gasteiger partial charge in [0.2, 0.25) is 0 Å². The fourth-order valence-electron chi connectivity index (χ4n) is 5.81. The average molecular weight is 631 g/mol. The first-order valence-corrected chi connectivity index (χ1v) is 15.7. The summed E-state index contributed by atoms with van der Waals surface area (Å²) < 4.78 is 11.1. The monoisotopic (exact) mass is 630 g/mol. The van der Waals surface area contributed by atoms with Gasteiger partial charge >= 0.3 is 5.97 Å². The molecule has 0 amide bonds. The quantitative estimate of drug-likeness (QED) is 0.259. The lowest BCUT2D eigenvalue weighted by Crippen LogP contribution is -2.38. The second-order valence-electron chi connectivity index (χ2n) is 11.9. The molecule has 0 saturated carbocycles. The number of pyridine rings is 1. The Labute approximate surface area is 271 Å². The molecule has 0 radical (unpaired) electrons. The molecule has 1 atom stereocenters. The Bertz CT molecular complexity index is 1510. The van der Waals surface area contributed by atoms with Gasteiger partial charge in [-0.3, -0.25) is 14.7 Å². The molecule has 2 aromatic carbocycles. The number of methoxy groups -OCH3 is 1. The van der Waals surface area contributed by atoms with Crippen LogP contribution in [0.25, 0.3) is 5.57 Å². The number of carbonyl (C=O) groups excluding carboxylic acids is 1. The Balaban J connectivity index is 0.00000148. The number of ether oxygens (including phenoxy) is 2. The Morgan fingerprint density at radius 2 is 2.00 bits per heavy atom. The highest BCUT2D eigenvalue weighted by molar-refractivity contribution is 6.30. The number of esters is 1. The minimum absolute atomic E-state index is 0.187. The molecule has 0 aliphatic carbocycles. The number of nitriles is 1. The Kier molecular flexibility index (Phi) is 12.1. The molecule has 1 N–H and O–H groups in total. The first-order valence-electron chi connectivity index (χ1n) is 15.4. The van der Waals surface area contributed by atoms with E-state index in [1.165, 1.54) is 19.6 Å². The second-order valence-corrected chi connectivity index (χ2v) is 12.3. The maximum Gasteiger partial charge on any atom is 0.306 e. The number of benzene rings is 2. The van der Waals surface area contributed by atoms with Crippen LogP contribution in [-0.4, -0.2) is 65.2 Å². The zero-order chi connectivity index (χ0) is 32.4. The number of hydrogen-bond acceptors (Lipinski definition) is 8. The summed E-state index contributed by atoms with van der Waals surface area (Å²) in [6.45, 7) is 9.73. The summed E-state index contributed by atoms with van der Waals surface area (Å²) in [4.78, 5) is 21.5. The van der Waals surface area contributed by atoms with Crippen LogP contribution in [0.4, 0.5) is 0 Å². The van der Waals surface area contributed by atoms with Crippen LogP contribution in [0, 0.1) is 11.3 Å². The minimum Gasteiger partial charge on any atom is -0.487 e. The fourth-order valence-corrected chi connectivity index (χ4v) is 5.94. The molecule has 0 bridgehead atoms. The van der Waals surface area contributed by atoms with E-state index in [9.17, 15) is 9.90 Å². The molecule has 2 aliphatic heterocycles. The van der Waals surface area contributed by atoms with Crippen molar-refractivity contribution < 1.29 is 19.4 Å². The van der Waals surface area contributed by atoms with Crippen LogP contribution in [0.2, 0.25) is 5.02 Å². The van der Waals surface area contributed by atoms with Gasteiger partial charge in [-0.25, -0.2) is 0 Å². The van der Waals surface area contributed by atoms with Gasteiger partial charge in [0.1, 0.15) is 12.4 Å². The zero-order valence-electron chi connectivity index (χ0n) is 26.6. The van der Waals surface area contributed by atoms with Gasteiger partial charge in [-0.05, 0) is 80.3 Å². The van der Waals surface area contributed by atoms with Crippen molar-refractivity contribution in [2.75, 3.05) is 33.3 Å². The van der Waals surface area contributed by atoms with E-state index in [-0.39, 0.29) is 5.97 Å². The lowest BCUT2D eigenvalue weighted by molar-refractivity contribution is -0.141. The third-order valence-corrected chi connectivity index (χ3v) is 8.46. The van der Waals surface area contributed by atoms with Gasteiger partial charge in [0.05, 0.1) is 30.9 Å². The Hall–Kier alpha value is -3.74. The highest BCUT2D eigenvalue weighted by atomic mass is 35.5. The molecule has 1 saturated heterocycles. The predicted molar refractivity (Wildman–Crippen MR) is 177 cm³/mol. The van der Waals surface area contributed by atoms with Gasteiger partial charge in [0.25, 0.3) is 0 Å². The number of hydrogen-bond donors (Lipinski definition) is 1. The van der Waals surface area contributed by atoms with E-state index in [4.69, 9.17) is 26.3 Å². The maximum absolute atomic E-state index is 11.9. The first-order chi connectivity index (χ1) is 21.6. The van der Waals surface area contributed by atoms with Gasteiger partial charge in [-0.15, -0.1) is 0 Å². The number of halogens is 1. The fraction of sp³-hybridized carbons (Fsp3) is 0.417. The molecule has 1 unspecified atom stereocenters. The summed E-state index contributed by atoms with van der Waals surface area (Å²) in [5, 5.41) is 18.7. The normalized spacial score (nSPS) is 16.9. The van der Waals surface area contributed by atoms with Gasteiger partial charge in [-0.2, -0.15) is 5.26 Å². The first kappa shape index (κ1) is 34.1. The molecule has 45 heavy (non-hydrogen) atoms. The van der Waals surface area contributed by atoms with E-state index in [0.717, 1.165) is 77.8 Å². The third-order valence-electron chi connectivity index (χ3n) is 8.21. The molecule has 1 aromatic heterocycles. The molecule has 0 spiro atoms. The van der Waals surface area contributed by atoms with Gasteiger partial charge < -0.3 is 19.5 Å². The van der Waals surface area contributed by atoms with E-state index in [0.29, 0.717) is 25.6 Å². The lowest BCUT2D eigenvalue weighted by Gasteiger charge is -2.29. The van der Waals surface area contributed by atoms with E-state index in [2.05, 4.69) is 39.1 Å². The van der Waals surface area contributed by atoms with E-state index < -0.39 is 5.60 Å². The molecule has 3 heterocycles. The summed E-state index contributed by atoms with van der Waals surface area (Å²) in [5.74, 6) is 0.615. The van der Waals surface area contributed by atoms with Crippen LogP contribution in [0.3, 0.4) is 0 Å². The molecule has 238 valence electrons. The molecular weight excluding hydrogens is 588 g/mol. The number of aromatic nitrogens is 1. The standard InChI is InChI=1S/C34H40ClN3O4.C2H3N/c1-34(2,40)25-10-13-32-30(20-25)28(29-6-4-16-36-31(29)23-42-32)7-5-17-37-18-14-27(22-37)38(19-15-33(39)41-3)21-24-8-11-26(35)12-9-24;1-2-3/h4,6-13,16,20,27,40H,5,14-15,17-19,21-23H2,1-3H3;1H3. The SMILES string of the molecule is CC#N.COC(=O)CCN(Cc1ccc(Cl)cc1)C1CCN(CCC=C2c3cc(C(C)(C)O)ccc3OCc3ncccc32)C1. The molecule has 3 aromatic rings. The van der Waals surface area contributed by atoms with Crippen LogP contribution in [0.15, 0.2) is 66.9 Å². The topological polar surface area (TPSA) is 98.9 Å². The molecular formula is C36H43ClN4O4. The van der Waals surface area contributed by atoms with Crippen molar-refractivity contribution in [2.45, 2.75) is 64.8 Å². The summed E-state index contributed by atoms with van der Waals surface area (Å²) in [6.07, 6.45) is 6.37. The highest BCUT2D eigenvalue weighted by Crippen LogP contribution is 2.38. The van der Waals surface area contributed by atoms with Crippen molar-refractivity contribution >= 4 is 23.1 Å². The van der Waals surface area contributed by atoms with Crippen molar-refractivity contribution in [3.63, 3.8) is 0 Å². The van der Waals surface area contributed by atoms with Crippen molar-refractivity contribution in [2.24, 2.45) is 0 Å². The molecule has 9 heteroatoms. The summed E-state index contributed by atoms with van der Waals surface area (Å²) in [7, 11) is 1.44. The lowest BCUT2D eigenvalue weighted by atomic mass is 9.90. The van der Waals surface area contributed by atoms with Crippen molar-refractivity contribution in [3.05, 3.63) is 99.8 Å². The van der Waals surface area contributed by atoms with E-state index in [1.54, 1.807) is 26.1 Å². The largest absolute Gasteiger partial charge is 0.487 e. The zero-order valence-corrected chi connectivity index (χ0v) is 27.4. The third kappa shape index (κ3) is 9.38. The average Bonchev–Trinajstić information content (AvgIpc) is 3.44. The number of carbonyl (C=O) groups is 1. The number of likely N-dealkylation sites (tertiary alicyclic amines) is 1. The van der Waals surface area contributed by atoms with Crippen LogP contribution >= 0.6 is 11.6 Å². The van der Waals surface area contributed by atoms with Crippen molar-refractivity contribution in [3.8, 4) is 11.8 Å². The minimum atomic E-state index is -0.958. The molecule has 2 aliphatic rings. The van der Waals surface area contributed by atoms with Crippen LogP contribution in [-0.2, 0) is 28.3 Å². The predicted octanol–water partition coefficient (Wildman–Crippen LogP) is 6.35. The van der Waals surface area contributed by atoms with Crippen molar-refractivity contribution in [1.29, 1.82) is 5.26 Å². The number of aliphatic hydroxyl groups is 1. The molecule has 5 rings (SSSR count). The van der Waals surface area contributed by atoms with Crippen LogP contribution < -0.4 is 4.74 Å². The highest BCUT2D eigenvalue weighted by Gasteiger charge is 2.28. The van der Waals surface area contributed by atoms with Crippen molar-refractivity contribution in [1.82, 2.24) is 14.8 Å². The Morgan fingerprint density at radius 3 is 2.71 bits per heavy atom. The smallest absolute Gasteiger partial charge is 0.306 e. The summed E-state index contributed by atoms with van der Waals surface area (Å²) >= 11 is 6.11. The van der Waals surface area contributed by atoms with Gasteiger partial charge in [-0.1, -0.05) is 41.9 Å². The van der Waals surface area contributed by atoms with Gasteiger partial charge in [0, 0.05) is 61.5 Å². The van der Waals surface area contributed by atoms with E-state index in [1.807, 2.05) is 36.4 Å².